The van der Waals surface area contributed by atoms with Crippen molar-refractivity contribution in [3.8, 4) is 0 Å². The van der Waals surface area contributed by atoms with Crippen LogP contribution in [0.25, 0.3) is 0 Å². The van der Waals surface area contributed by atoms with Crippen LogP contribution in [0.5, 0.6) is 0 Å². The summed E-state index contributed by atoms with van der Waals surface area (Å²) in [6.07, 6.45) is 6.60. The van der Waals surface area contributed by atoms with E-state index in [-0.39, 0.29) is 0 Å². The monoisotopic (exact) mass is 244 g/mol. The van der Waals surface area contributed by atoms with Gasteiger partial charge in [0.1, 0.15) is 0 Å². The van der Waals surface area contributed by atoms with Crippen molar-refractivity contribution < 1.29 is 0 Å². The van der Waals surface area contributed by atoms with Crippen LogP contribution in [-0.4, -0.2) is 24.0 Å². The molecule has 1 saturated carbocycles. The van der Waals surface area contributed by atoms with Gasteiger partial charge in [-0.05, 0) is 55.7 Å². The van der Waals surface area contributed by atoms with Crippen LogP contribution < -0.4 is 5.73 Å². The van der Waals surface area contributed by atoms with Crippen molar-refractivity contribution >= 4 is 0 Å². The van der Waals surface area contributed by atoms with Crippen molar-refractivity contribution in [1.29, 1.82) is 0 Å². The van der Waals surface area contributed by atoms with E-state index in [1.807, 2.05) is 0 Å². The van der Waals surface area contributed by atoms with E-state index < -0.39 is 0 Å². The van der Waals surface area contributed by atoms with Crippen LogP contribution in [0, 0.1) is 5.92 Å². The molecule has 2 heteroatoms. The average molecular weight is 244 g/mol. The Morgan fingerprint density at radius 1 is 1.06 bits per heavy atom. The zero-order valence-electron chi connectivity index (χ0n) is 11.1. The van der Waals surface area contributed by atoms with Gasteiger partial charge in [0, 0.05) is 19.1 Å². The Bertz CT molecular complexity index is 394. The standard InChI is InChI=1S/C16H24N2/c17-11-13-5-7-16(8-6-13)18-10-9-14-3-1-2-4-15(14)12-18/h1-4,13,16H,5-12,17H2. The maximum atomic E-state index is 5.78. The van der Waals surface area contributed by atoms with Crippen molar-refractivity contribution in [1.82, 2.24) is 4.90 Å². The number of hydrogen-bond donors (Lipinski definition) is 1. The summed E-state index contributed by atoms with van der Waals surface area (Å²) in [6, 6.07) is 9.74. The van der Waals surface area contributed by atoms with E-state index in [4.69, 9.17) is 5.73 Å². The predicted molar refractivity (Wildman–Crippen MR) is 75.4 cm³/mol. The maximum absolute atomic E-state index is 5.78. The number of nitrogens with two attached hydrogens (primary N) is 1. The Morgan fingerprint density at radius 2 is 1.78 bits per heavy atom. The maximum Gasteiger partial charge on any atom is 0.0239 e. The van der Waals surface area contributed by atoms with Gasteiger partial charge in [-0.3, -0.25) is 4.90 Å². The summed E-state index contributed by atoms with van der Waals surface area (Å²) >= 11 is 0. The molecule has 0 bridgehead atoms. The van der Waals surface area contributed by atoms with Crippen LogP contribution in [0.2, 0.25) is 0 Å². The highest BCUT2D eigenvalue weighted by atomic mass is 15.2. The minimum absolute atomic E-state index is 0.790. The number of hydrogen-bond acceptors (Lipinski definition) is 2. The second kappa shape index (κ2) is 5.41. The van der Waals surface area contributed by atoms with Crippen molar-refractivity contribution in [2.45, 2.75) is 44.7 Å². The fraction of sp³-hybridized carbons (Fsp3) is 0.625. The van der Waals surface area contributed by atoms with Crippen LogP contribution >= 0.6 is 0 Å². The molecule has 0 amide bonds. The molecule has 0 spiro atoms. The summed E-state index contributed by atoms with van der Waals surface area (Å²) < 4.78 is 0. The van der Waals surface area contributed by atoms with Crippen molar-refractivity contribution in [2.75, 3.05) is 13.1 Å². The van der Waals surface area contributed by atoms with Gasteiger partial charge in [-0.1, -0.05) is 24.3 Å². The van der Waals surface area contributed by atoms with E-state index in [0.717, 1.165) is 25.0 Å². The summed E-state index contributed by atoms with van der Waals surface area (Å²) in [4.78, 5) is 2.70. The highest BCUT2D eigenvalue weighted by Gasteiger charge is 2.27. The molecule has 0 atom stereocenters. The fourth-order valence-corrected chi connectivity index (χ4v) is 3.57. The van der Waals surface area contributed by atoms with Gasteiger partial charge in [-0.25, -0.2) is 0 Å². The third-order valence-corrected chi connectivity index (χ3v) is 4.83. The number of fused-ring (bicyclic) bond motifs is 1. The topological polar surface area (TPSA) is 29.3 Å². The molecule has 2 N–H and O–H groups in total. The molecular weight excluding hydrogens is 220 g/mol. The van der Waals surface area contributed by atoms with Gasteiger partial charge in [0.15, 0.2) is 0 Å². The van der Waals surface area contributed by atoms with Gasteiger partial charge < -0.3 is 5.73 Å². The highest BCUT2D eigenvalue weighted by molar-refractivity contribution is 5.29. The lowest BCUT2D eigenvalue weighted by molar-refractivity contribution is 0.124. The van der Waals surface area contributed by atoms with Crippen LogP contribution in [-0.2, 0) is 13.0 Å². The Morgan fingerprint density at radius 3 is 2.50 bits per heavy atom. The van der Waals surface area contributed by atoms with Crippen molar-refractivity contribution in [3.05, 3.63) is 35.4 Å². The molecule has 1 aromatic rings. The van der Waals surface area contributed by atoms with Gasteiger partial charge in [0.2, 0.25) is 0 Å². The van der Waals surface area contributed by atoms with E-state index in [0.29, 0.717) is 0 Å². The summed E-state index contributed by atoms with van der Waals surface area (Å²) in [5, 5.41) is 0. The third kappa shape index (κ3) is 2.45. The summed E-state index contributed by atoms with van der Waals surface area (Å²) in [5.41, 5.74) is 8.88. The van der Waals surface area contributed by atoms with Gasteiger partial charge in [0.05, 0.1) is 0 Å². The molecule has 1 aliphatic carbocycles. The molecule has 98 valence electrons. The Kier molecular flexibility index (Phi) is 3.67. The first-order valence-corrected chi connectivity index (χ1v) is 7.37. The molecule has 2 nitrogen and oxygen atoms in total. The minimum Gasteiger partial charge on any atom is -0.330 e. The van der Waals surface area contributed by atoms with Crippen LogP contribution in [0.4, 0.5) is 0 Å². The molecule has 2 aliphatic rings. The fourth-order valence-electron chi connectivity index (χ4n) is 3.57. The number of rotatable bonds is 2. The summed E-state index contributed by atoms with van der Waals surface area (Å²) in [6.45, 7) is 3.29. The third-order valence-electron chi connectivity index (χ3n) is 4.83. The van der Waals surface area contributed by atoms with Crippen LogP contribution in [0.3, 0.4) is 0 Å². The summed E-state index contributed by atoms with van der Waals surface area (Å²) in [5.74, 6) is 0.790. The Labute approximate surface area is 110 Å². The zero-order chi connectivity index (χ0) is 12.4. The SMILES string of the molecule is NCC1CCC(N2CCc3ccccc3C2)CC1. The number of nitrogens with zero attached hydrogens (tertiary/aromatic N) is 1. The quantitative estimate of drug-likeness (QED) is 0.866. The predicted octanol–water partition coefficient (Wildman–Crippen LogP) is 2.56. The van der Waals surface area contributed by atoms with Crippen molar-refractivity contribution in [2.24, 2.45) is 11.7 Å². The smallest absolute Gasteiger partial charge is 0.0239 e. The first-order valence-electron chi connectivity index (χ1n) is 7.37. The lowest BCUT2D eigenvalue weighted by Gasteiger charge is -2.39. The second-order valence-electron chi connectivity index (χ2n) is 5.90. The molecule has 0 saturated heterocycles. The first kappa shape index (κ1) is 12.2. The molecule has 3 rings (SSSR count). The normalized spacial score (nSPS) is 28.9. The van der Waals surface area contributed by atoms with Crippen molar-refractivity contribution in [3.63, 3.8) is 0 Å². The molecular formula is C16H24N2. The van der Waals surface area contributed by atoms with Crippen LogP contribution in [0.1, 0.15) is 36.8 Å². The number of benzene rings is 1. The van der Waals surface area contributed by atoms with Gasteiger partial charge in [-0.2, -0.15) is 0 Å². The Hall–Kier alpha value is -0.860. The van der Waals surface area contributed by atoms with E-state index in [2.05, 4.69) is 29.2 Å². The molecule has 1 aliphatic heterocycles. The first-order chi connectivity index (χ1) is 8.86. The van der Waals surface area contributed by atoms with Gasteiger partial charge in [-0.15, -0.1) is 0 Å². The zero-order valence-corrected chi connectivity index (χ0v) is 11.1. The lowest BCUT2D eigenvalue weighted by Crippen LogP contribution is -2.41. The van der Waals surface area contributed by atoms with E-state index in [1.54, 1.807) is 11.1 Å². The molecule has 18 heavy (non-hydrogen) atoms. The molecule has 0 aromatic heterocycles. The largest absolute Gasteiger partial charge is 0.330 e. The summed E-state index contributed by atoms with van der Waals surface area (Å²) in [7, 11) is 0. The molecule has 1 fully saturated rings. The van der Waals surface area contributed by atoms with E-state index in [9.17, 15) is 0 Å². The minimum atomic E-state index is 0.790. The van der Waals surface area contributed by atoms with Gasteiger partial charge in [0.25, 0.3) is 0 Å². The highest BCUT2D eigenvalue weighted by Crippen LogP contribution is 2.30. The molecule has 1 heterocycles. The second-order valence-corrected chi connectivity index (χ2v) is 5.90. The van der Waals surface area contributed by atoms with Gasteiger partial charge >= 0.3 is 0 Å². The van der Waals surface area contributed by atoms with E-state index >= 15 is 0 Å². The molecule has 1 aromatic carbocycles. The molecule has 0 unspecified atom stereocenters. The van der Waals surface area contributed by atoms with Crippen LogP contribution in [0.15, 0.2) is 24.3 Å². The average Bonchev–Trinajstić information content (AvgIpc) is 2.47. The molecule has 0 radical (unpaired) electrons. The van der Waals surface area contributed by atoms with E-state index in [1.165, 1.54) is 38.6 Å². The Balaban J connectivity index is 1.63. The lowest BCUT2D eigenvalue weighted by atomic mass is 9.84.